The summed E-state index contributed by atoms with van der Waals surface area (Å²) in [4.78, 5) is 23.9. The van der Waals surface area contributed by atoms with E-state index in [9.17, 15) is 22.8 Å². The molecular weight excluding hydrogens is 537 g/mol. The van der Waals surface area contributed by atoms with E-state index in [2.05, 4.69) is 31.4 Å². The number of nitrogens with one attached hydrogen (secondary N) is 1. The summed E-state index contributed by atoms with van der Waals surface area (Å²) in [5, 5.41) is 11.1. The number of carbonyl (C=O) groups is 2. The molecule has 1 aromatic heterocycles. The number of alkyl halides is 3. The molecule has 0 saturated heterocycles. The van der Waals surface area contributed by atoms with Crippen molar-refractivity contribution in [2.24, 2.45) is 0 Å². The number of methoxy groups -OCH3 is 1. The smallest absolute Gasteiger partial charge is 0.416 e. The molecule has 0 radical (unpaired) electrons. The van der Waals surface area contributed by atoms with E-state index in [4.69, 9.17) is 4.74 Å². The molecule has 0 spiro atoms. The summed E-state index contributed by atoms with van der Waals surface area (Å²) in [6.07, 6.45) is -4.28. The molecule has 180 valence electrons. The van der Waals surface area contributed by atoms with Crippen molar-refractivity contribution in [3.8, 4) is 11.4 Å². The van der Waals surface area contributed by atoms with Crippen molar-refractivity contribution in [1.29, 1.82) is 0 Å². The summed E-state index contributed by atoms with van der Waals surface area (Å²) in [6, 6.07) is 9.70. The number of thioether (sulfide) groups is 1. The molecule has 12 heteroatoms. The molecule has 2 aromatic carbocycles. The van der Waals surface area contributed by atoms with Gasteiger partial charge in [0.1, 0.15) is 11.6 Å². The topological polar surface area (TPSA) is 86.1 Å². The van der Waals surface area contributed by atoms with Gasteiger partial charge in [0, 0.05) is 31.1 Å². The number of aromatic nitrogens is 3. The third kappa shape index (κ3) is 6.38. The first-order valence-electron chi connectivity index (χ1n) is 9.96. The molecule has 0 atom stereocenters. The van der Waals surface area contributed by atoms with E-state index in [1.165, 1.54) is 30.7 Å². The Labute approximate surface area is 206 Å². The van der Waals surface area contributed by atoms with E-state index in [1.54, 1.807) is 18.2 Å². The van der Waals surface area contributed by atoms with Crippen molar-refractivity contribution in [1.82, 2.24) is 20.1 Å². The molecule has 1 heterocycles. The van der Waals surface area contributed by atoms with Crippen LogP contribution in [0.5, 0.6) is 5.75 Å². The molecule has 0 aliphatic carbocycles. The summed E-state index contributed by atoms with van der Waals surface area (Å²) in [5.41, 5.74) is -0.169. The van der Waals surface area contributed by atoms with Crippen LogP contribution in [0, 0.1) is 0 Å². The molecular formula is C22H20BrF3N4O3S. The van der Waals surface area contributed by atoms with E-state index in [1.807, 2.05) is 0 Å². The Morgan fingerprint density at radius 1 is 1.18 bits per heavy atom. The Bertz CT molecular complexity index is 1200. The van der Waals surface area contributed by atoms with Gasteiger partial charge in [-0.25, -0.2) is 0 Å². The first-order valence-corrected chi connectivity index (χ1v) is 11.7. The molecule has 1 amide bonds. The van der Waals surface area contributed by atoms with Gasteiger partial charge in [0.05, 0.1) is 22.9 Å². The van der Waals surface area contributed by atoms with E-state index in [-0.39, 0.29) is 41.3 Å². The second-order valence-corrected chi connectivity index (χ2v) is 8.87. The lowest BCUT2D eigenvalue weighted by Gasteiger charge is -2.13. The number of benzene rings is 2. The number of carbonyl (C=O) groups excluding carboxylic acids is 2. The highest BCUT2D eigenvalue weighted by atomic mass is 79.9. The number of ketones is 1. The van der Waals surface area contributed by atoms with Gasteiger partial charge >= 0.3 is 6.18 Å². The van der Waals surface area contributed by atoms with Gasteiger partial charge in [-0.2, -0.15) is 13.2 Å². The summed E-state index contributed by atoms with van der Waals surface area (Å²) >= 11 is 4.40. The molecule has 34 heavy (non-hydrogen) atoms. The fourth-order valence-electron chi connectivity index (χ4n) is 3.04. The SMILES string of the molecule is COc1ccc(C(=O)CSc2nnc(CCNC(C)=O)n2-c2cccc(C(F)(F)F)c2)cc1Br. The van der Waals surface area contributed by atoms with Gasteiger partial charge in [-0.1, -0.05) is 17.8 Å². The van der Waals surface area contributed by atoms with E-state index in [0.717, 1.165) is 23.9 Å². The minimum absolute atomic E-state index is 0.0123. The van der Waals surface area contributed by atoms with Crippen LogP contribution in [0.15, 0.2) is 52.1 Å². The second kappa shape index (κ2) is 11.0. The molecule has 0 saturated carbocycles. The van der Waals surface area contributed by atoms with Crippen molar-refractivity contribution in [2.75, 3.05) is 19.4 Å². The molecule has 0 bridgehead atoms. The van der Waals surface area contributed by atoms with E-state index in [0.29, 0.717) is 21.6 Å². The monoisotopic (exact) mass is 556 g/mol. The highest BCUT2D eigenvalue weighted by molar-refractivity contribution is 9.10. The Hall–Kier alpha value is -2.86. The number of nitrogens with zero attached hydrogens (tertiary/aromatic N) is 3. The molecule has 0 aliphatic rings. The zero-order chi connectivity index (χ0) is 24.9. The maximum atomic E-state index is 13.3. The summed E-state index contributed by atoms with van der Waals surface area (Å²) in [5.74, 6) is 0.483. The lowest BCUT2D eigenvalue weighted by Crippen LogP contribution is -2.23. The molecule has 7 nitrogen and oxygen atoms in total. The number of hydrogen-bond acceptors (Lipinski definition) is 6. The Morgan fingerprint density at radius 2 is 1.94 bits per heavy atom. The average Bonchev–Trinajstić information content (AvgIpc) is 3.19. The van der Waals surface area contributed by atoms with Crippen LogP contribution < -0.4 is 10.1 Å². The minimum atomic E-state index is -4.52. The fraction of sp³-hybridized carbons (Fsp3) is 0.273. The first-order chi connectivity index (χ1) is 16.1. The molecule has 1 N–H and O–H groups in total. The van der Waals surface area contributed by atoms with Crippen molar-refractivity contribution >= 4 is 39.4 Å². The Kier molecular flexibility index (Phi) is 8.37. The summed E-state index contributed by atoms with van der Waals surface area (Å²) in [7, 11) is 1.52. The van der Waals surface area contributed by atoms with Gasteiger partial charge in [-0.15, -0.1) is 10.2 Å². The highest BCUT2D eigenvalue weighted by Crippen LogP contribution is 2.32. The van der Waals surface area contributed by atoms with Crippen molar-refractivity contribution in [2.45, 2.75) is 24.7 Å². The number of ether oxygens (including phenoxy) is 1. The van der Waals surface area contributed by atoms with Crippen LogP contribution in [0.1, 0.15) is 28.7 Å². The normalized spacial score (nSPS) is 11.4. The molecule has 0 fully saturated rings. The van der Waals surface area contributed by atoms with E-state index < -0.39 is 11.7 Å². The predicted molar refractivity (Wildman–Crippen MR) is 124 cm³/mol. The van der Waals surface area contributed by atoms with Crippen LogP contribution in [0.2, 0.25) is 0 Å². The molecule has 0 unspecified atom stereocenters. The number of hydrogen-bond donors (Lipinski definition) is 1. The van der Waals surface area contributed by atoms with Gasteiger partial charge in [0.25, 0.3) is 0 Å². The van der Waals surface area contributed by atoms with Crippen LogP contribution in [0.25, 0.3) is 5.69 Å². The van der Waals surface area contributed by atoms with Crippen LogP contribution in [0.4, 0.5) is 13.2 Å². The minimum Gasteiger partial charge on any atom is -0.496 e. The lowest BCUT2D eigenvalue weighted by atomic mass is 10.1. The maximum Gasteiger partial charge on any atom is 0.416 e. The van der Waals surface area contributed by atoms with Crippen LogP contribution in [-0.4, -0.2) is 45.9 Å². The van der Waals surface area contributed by atoms with Crippen LogP contribution >= 0.6 is 27.7 Å². The number of amides is 1. The third-order valence-corrected chi connectivity index (χ3v) is 6.21. The number of halogens is 4. The van der Waals surface area contributed by atoms with E-state index >= 15 is 0 Å². The predicted octanol–water partition coefficient (Wildman–Crippen LogP) is 4.71. The van der Waals surface area contributed by atoms with Gasteiger partial charge in [-0.05, 0) is 52.3 Å². The van der Waals surface area contributed by atoms with Gasteiger partial charge in [0.2, 0.25) is 5.91 Å². The number of rotatable bonds is 9. The third-order valence-electron chi connectivity index (χ3n) is 4.66. The molecule has 0 aliphatic heterocycles. The summed E-state index contributed by atoms with van der Waals surface area (Å²) in [6.45, 7) is 1.60. The highest BCUT2D eigenvalue weighted by Gasteiger charge is 2.31. The zero-order valence-corrected chi connectivity index (χ0v) is 20.6. The maximum absolute atomic E-state index is 13.3. The van der Waals surface area contributed by atoms with Crippen LogP contribution in [-0.2, 0) is 17.4 Å². The summed E-state index contributed by atoms with van der Waals surface area (Å²) < 4.78 is 47.1. The van der Waals surface area contributed by atoms with Gasteiger partial charge in [0.15, 0.2) is 10.9 Å². The Balaban J connectivity index is 1.88. The first kappa shape index (κ1) is 25.8. The number of Topliss-reactive ketones (excluding diaryl/α,β-unsaturated/α-hetero) is 1. The quantitative estimate of drug-likeness (QED) is 0.303. The fourth-order valence-corrected chi connectivity index (χ4v) is 4.45. The van der Waals surface area contributed by atoms with Crippen molar-refractivity contribution in [3.05, 3.63) is 63.9 Å². The Morgan fingerprint density at radius 3 is 2.59 bits per heavy atom. The van der Waals surface area contributed by atoms with Gasteiger partial charge in [-0.3, -0.25) is 14.2 Å². The van der Waals surface area contributed by atoms with Crippen molar-refractivity contribution in [3.63, 3.8) is 0 Å². The lowest BCUT2D eigenvalue weighted by molar-refractivity contribution is -0.137. The van der Waals surface area contributed by atoms with Crippen molar-refractivity contribution < 1.29 is 27.5 Å². The van der Waals surface area contributed by atoms with Crippen LogP contribution in [0.3, 0.4) is 0 Å². The average molecular weight is 557 g/mol. The second-order valence-electron chi connectivity index (χ2n) is 7.08. The molecule has 3 rings (SSSR count). The van der Waals surface area contributed by atoms with Gasteiger partial charge < -0.3 is 10.1 Å². The zero-order valence-electron chi connectivity index (χ0n) is 18.1. The standard InChI is InChI=1S/C22H20BrF3N4O3S/c1-13(31)27-9-8-20-28-29-21(30(20)16-5-3-4-15(11-16)22(24,25)26)34-12-18(32)14-6-7-19(33-2)17(23)10-14/h3-7,10-11H,8-9,12H2,1-2H3,(H,27,31). The largest absolute Gasteiger partial charge is 0.496 e. The molecule has 3 aromatic rings.